The molecule has 1 N–H and O–H groups in total. The van der Waals surface area contributed by atoms with Gasteiger partial charge in [0.25, 0.3) is 0 Å². The average molecular weight is 259 g/mol. The van der Waals surface area contributed by atoms with Crippen LogP contribution < -0.4 is 5.32 Å². The number of benzene rings is 1. The molecule has 102 valence electrons. The van der Waals surface area contributed by atoms with Gasteiger partial charge in [0.1, 0.15) is 0 Å². The van der Waals surface area contributed by atoms with Crippen LogP contribution in [0.2, 0.25) is 0 Å². The molecule has 0 aliphatic carbocycles. The van der Waals surface area contributed by atoms with Crippen LogP contribution in [0.25, 0.3) is 0 Å². The number of carbonyl (C=O) groups is 1. The molecule has 1 aromatic rings. The van der Waals surface area contributed by atoms with Crippen molar-refractivity contribution < 1.29 is 4.79 Å². The zero-order valence-corrected chi connectivity index (χ0v) is 11.8. The minimum atomic E-state index is 0.123. The van der Waals surface area contributed by atoms with Gasteiger partial charge in [-0.1, -0.05) is 19.1 Å². The maximum atomic E-state index is 12.0. The highest BCUT2D eigenvalue weighted by molar-refractivity contribution is 5.76. The Morgan fingerprint density at radius 3 is 2.58 bits per heavy atom. The van der Waals surface area contributed by atoms with Crippen molar-refractivity contribution in [1.82, 2.24) is 10.2 Å². The fraction of sp³-hybridized carbons (Fsp3) is 0.467. The summed E-state index contributed by atoms with van der Waals surface area (Å²) in [6.07, 6.45) is 0.501. The molecule has 4 nitrogen and oxygen atoms in total. The van der Waals surface area contributed by atoms with Gasteiger partial charge < -0.3 is 10.2 Å². The van der Waals surface area contributed by atoms with Crippen LogP contribution in [0.5, 0.6) is 0 Å². The third kappa shape index (κ3) is 5.11. The van der Waals surface area contributed by atoms with Gasteiger partial charge in [-0.3, -0.25) is 4.79 Å². The molecular formula is C15H21N3O. The summed E-state index contributed by atoms with van der Waals surface area (Å²) in [4.78, 5) is 13.7. The van der Waals surface area contributed by atoms with Gasteiger partial charge in [0, 0.05) is 26.1 Å². The minimum Gasteiger partial charge on any atom is -0.341 e. The molecule has 0 saturated heterocycles. The van der Waals surface area contributed by atoms with Crippen molar-refractivity contribution in [3.63, 3.8) is 0 Å². The van der Waals surface area contributed by atoms with Crippen molar-refractivity contribution in [2.75, 3.05) is 13.6 Å². The number of nitrogens with zero attached hydrogens (tertiary/aromatic N) is 2. The Bertz CT molecular complexity index is 447. The molecule has 19 heavy (non-hydrogen) atoms. The zero-order chi connectivity index (χ0) is 14.3. The van der Waals surface area contributed by atoms with Gasteiger partial charge in [-0.15, -0.1) is 0 Å². The summed E-state index contributed by atoms with van der Waals surface area (Å²) in [6.45, 7) is 5.48. The molecule has 0 saturated carbocycles. The number of amides is 1. The van der Waals surface area contributed by atoms with E-state index in [0.717, 1.165) is 12.1 Å². The topological polar surface area (TPSA) is 56.1 Å². The van der Waals surface area contributed by atoms with Gasteiger partial charge >= 0.3 is 0 Å². The van der Waals surface area contributed by atoms with Crippen molar-refractivity contribution in [2.24, 2.45) is 0 Å². The van der Waals surface area contributed by atoms with E-state index in [1.807, 2.05) is 26.0 Å². The summed E-state index contributed by atoms with van der Waals surface area (Å²) >= 11 is 0. The van der Waals surface area contributed by atoms with Crippen molar-refractivity contribution in [2.45, 2.75) is 32.9 Å². The molecule has 0 heterocycles. The number of carbonyl (C=O) groups excluding carboxylic acids is 1. The second-order valence-corrected chi connectivity index (χ2v) is 4.72. The molecule has 0 aliphatic heterocycles. The normalized spacial score (nSPS) is 11.7. The lowest BCUT2D eigenvalue weighted by molar-refractivity contribution is -0.130. The molecule has 0 aliphatic rings. The summed E-state index contributed by atoms with van der Waals surface area (Å²) in [6, 6.07) is 9.59. The zero-order valence-electron chi connectivity index (χ0n) is 11.8. The van der Waals surface area contributed by atoms with Crippen molar-refractivity contribution in [3.05, 3.63) is 35.4 Å². The number of rotatable bonds is 6. The Kier molecular flexibility index (Phi) is 6.04. The summed E-state index contributed by atoms with van der Waals surface area (Å²) in [5.74, 6) is 0.123. The van der Waals surface area contributed by atoms with E-state index in [-0.39, 0.29) is 11.9 Å². The molecule has 0 aromatic heterocycles. The first kappa shape index (κ1) is 15.2. The van der Waals surface area contributed by atoms with Gasteiger partial charge in [0.15, 0.2) is 0 Å². The lowest BCUT2D eigenvalue weighted by Gasteiger charge is -2.20. The molecule has 4 heteroatoms. The summed E-state index contributed by atoms with van der Waals surface area (Å²) in [5, 5.41) is 12.0. The van der Waals surface area contributed by atoms with E-state index in [9.17, 15) is 4.79 Å². The van der Waals surface area contributed by atoms with Gasteiger partial charge in [-0.2, -0.15) is 5.26 Å². The number of nitriles is 1. The van der Waals surface area contributed by atoms with E-state index in [1.165, 1.54) is 0 Å². The summed E-state index contributed by atoms with van der Waals surface area (Å²) < 4.78 is 0. The standard InChI is InChI=1S/C15H21N3O/c1-4-17-12(2)9-15(19)18(3)11-14-7-5-13(10-16)6-8-14/h5-8,12,17H,4,9,11H2,1-3H3. The first-order valence-corrected chi connectivity index (χ1v) is 6.53. The fourth-order valence-corrected chi connectivity index (χ4v) is 1.89. The largest absolute Gasteiger partial charge is 0.341 e. The minimum absolute atomic E-state index is 0.123. The van der Waals surface area contributed by atoms with Crippen LogP contribution in [0.15, 0.2) is 24.3 Å². The lowest BCUT2D eigenvalue weighted by atomic mass is 10.1. The van der Waals surface area contributed by atoms with Crippen LogP contribution in [-0.4, -0.2) is 30.4 Å². The van der Waals surface area contributed by atoms with Gasteiger partial charge in [0.05, 0.1) is 11.6 Å². The quantitative estimate of drug-likeness (QED) is 0.849. The molecule has 1 amide bonds. The van der Waals surface area contributed by atoms with E-state index in [2.05, 4.69) is 11.4 Å². The highest BCUT2D eigenvalue weighted by Gasteiger charge is 2.12. The smallest absolute Gasteiger partial charge is 0.224 e. The van der Waals surface area contributed by atoms with Crippen LogP contribution >= 0.6 is 0 Å². The predicted molar refractivity (Wildman–Crippen MR) is 75.4 cm³/mol. The van der Waals surface area contributed by atoms with Crippen molar-refractivity contribution in [3.8, 4) is 6.07 Å². The Balaban J connectivity index is 2.51. The summed E-state index contributed by atoms with van der Waals surface area (Å²) in [7, 11) is 1.80. The van der Waals surface area contributed by atoms with Gasteiger partial charge in [-0.05, 0) is 31.2 Å². The number of hydrogen-bond donors (Lipinski definition) is 1. The maximum absolute atomic E-state index is 12.0. The van der Waals surface area contributed by atoms with Gasteiger partial charge in [0.2, 0.25) is 5.91 Å². The molecule has 0 fully saturated rings. The molecule has 1 rings (SSSR count). The molecule has 0 spiro atoms. The lowest BCUT2D eigenvalue weighted by Crippen LogP contribution is -2.34. The van der Waals surface area contributed by atoms with Crippen LogP contribution in [0.3, 0.4) is 0 Å². The fourth-order valence-electron chi connectivity index (χ4n) is 1.89. The maximum Gasteiger partial charge on any atom is 0.224 e. The van der Waals surface area contributed by atoms with Gasteiger partial charge in [-0.25, -0.2) is 0 Å². The molecule has 0 radical (unpaired) electrons. The highest BCUT2D eigenvalue weighted by atomic mass is 16.2. The molecule has 1 atom stereocenters. The van der Waals surface area contributed by atoms with E-state index in [4.69, 9.17) is 5.26 Å². The third-order valence-corrected chi connectivity index (χ3v) is 2.96. The van der Waals surface area contributed by atoms with E-state index >= 15 is 0 Å². The van der Waals surface area contributed by atoms with Crippen LogP contribution in [-0.2, 0) is 11.3 Å². The van der Waals surface area contributed by atoms with E-state index in [1.54, 1.807) is 24.1 Å². The average Bonchev–Trinajstić information content (AvgIpc) is 2.39. The van der Waals surface area contributed by atoms with E-state index in [0.29, 0.717) is 18.5 Å². The molecule has 1 unspecified atom stereocenters. The first-order valence-electron chi connectivity index (χ1n) is 6.53. The van der Waals surface area contributed by atoms with Crippen LogP contribution in [0.4, 0.5) is 0 Å². The third-order valence-electron chi connectivity index (χ3n) is 2.96. The van der Waals surface area contributed by atoms with E-state index < -0.39 is 0 Å². The van der Waals surface area contributed by atoms with Crippen molar-refractivity contribution in [1.29, 1.82) is 5.26 Å². The molecule has 0 bridgehead atoms. The Morgan fingerprint density at radius 1 is 1.42 bits per heavy atom. The Labute approximate surface area is 115 Å². The van der Waals surface area contributed by atoms with Crippen LogP contribution in [0, 0.1) is 11.3 Å². The number of nitrogens with one attached hydrogen (secondary N) is 1. The highest BCUT2D eigenvalue weighted by Crippen LogP contribution is 2.07. The monoisotopic (exact) mass is 259 g/mol. The second-order valence-electron chi connectivity index (χ2n) is 4.72. The van der Waals surface area contributed by atoms with Crippen molar-refractivity contribution >= 4 is 5.91 Å². The Morgan fingerprint density at radius 2 is 2.05 bits per heavy atom. The predicted octanol–water partition coefficient (Wildman–Crippen LogP) is 1.90. The molecule has 1 aromatic carbocycles. The SMILES string of the molecule is CCNC(C)CC(=O)N(C)Cc1ccc(C#N)cc1. The number of hydrogen-bond acceptors (Lipinski definition) is 3. The summed E-state index contributed by atoms with van der Waals surface area (Å²) in [5.41, 5.74) is 1.67. The second kappa shape index (κ2) is 7.55. The van der Waals surface area contributed by atoms with Crippen LogP contribution in [0.1, 0.15) is 31.4 Å². The molecular weight excluding hydrogens is 238 g/mol. The first-order chi connectivity index (χ1) is 9.06. The Hall–Kier alpha value is -1.86.